The molecule has 2 aliphatic rings. The van der Waals surface area contributed by atoms with Crippen molar-refractivity contribution in [3.63, 3.8) is 0 Å². The third-order valence-corrected chi connectivity index (χ3v) is 7.40. The molecule has 16 heteroatoms. The second kappa shape index (κ2) is 15.3. The highest BCUT2D eigenvalue weighted by molar-refractivity contribution is 5.91. The highest BCUT2D eigenvalue weighted by Crippen LogP contribution is 2.40. The van der Waals surface area contributed by atoms with Crippen molar-refractivity contribution in [1.29, 1.82) is 0 Å². The first-order valence-electron chi connectivity index (χ1n) is 14.7. The monoisotopic (exact) mass is 626 g/mol. The molecule has 45 heavy (non-hydrogen) atoms. The van der Waals surface area contributed by atoms with Crippen LogP contribution in [0.2, 0.25) is 0 Å². The van der Waals surface area contributed by atoms with Gasteiger partial charge in [-0.15, -0.1) is 0 Å². The number of hydrogen-bond acceptors (Lipinski definition) is 10. The predicted octanol–water partition coefficient (Wildman–Crippen LogP) is 0.327. The number of urea groups is 2. The zero-order valence-corrected chi connectivity index (χ0v) is 26.1. The molecule has 0 atom stereocenters. The van der Waals surface area contributed by atoms with Crippen LogP contribution in [0.1, 0.15) is 25.0 Å². The maximum atomic E-state index is 12.8. The number of pyridine rings is 2. The number of likely N-dealkylation sites (tertiary alicyclic amines) is 2. The van der Waals surface area contributed by atoms with E-state index in [-0.39, 0.29) is 29.3 Å². The van der Waals surface area contributed by atoms with E-state index in [1.165, 1.54) is 28.1 Å². The van der Waals surface area contributed by atoms with Crippen LogP contribution in [0, 0.1) is 5.41 Å². The van der Waals surface area contributed by atoms with Gasteiger partial charge in [0.05, 0.1) is 14.2 Å². The number of amides is 6. The lowest BCUT2D eigenvalue weighted by molar-refractivity contribution is -0.119. The van der Waals surface area contributed by atoms with Crippen molar-refractivity contribution in [3.05, 3.63) is 35.4 Å². The van der Waals surface area contributed by atoms with Gasteiger partial charge in [-0.25, -0.2) is 9.59 Å². The van der Waals surface area contributed by atoms with Crippen molar-refractivity contribution >= 4 is 35.5 Å². The Bertz CT molecular complexity index is 1270. The summed E-state index contributed by atoms with van der Waals surface area (Å²) < 4.78 is 10.8. The molecule has 2 aromatic heterocycles. The van der Waals surface area contributed by atoms with Crippen LogP contribution >= 0.6 is 0 Å². The molecule has 6 amide bonds. The third-order valence-electron chi connectivity index (χ3n) is 7.40. The highest BCUT2D eigenvalue weighted by Gasteiger charge is 2.54. The maximum Gasteiger partial charge on any atom is 0.323 e. The van der Waals surface area contributed by atoms with Crippen molar-refractivity contribution in [2.45, 2.75) is 26.9 Å². The number of nitrogens with zero attached hydrogens (tertiary/aromatic N) is 4. The van der Waals surface area contributed by atoms with Crippen LogP contribution in [0.3, 0.4) is 0 Å². The molecule has 6 N–H and O–H groups in total. The van der Waals surface area contributed by atoms with Gasteiger partial charge in [-0.2, -0.15) is 9.97 Å². The van der Waals surface area contributed by atoms with E-state index in [1.807, 2.05) is 12.1 Å². The molecule has 2 aromatic rings. The minimum atomic E-state index is -0.264. The summed E-state index contributed by atoms with van der Waals surface area (Å²) in [4.78, 5) is 59.8. The molecular weight excluding hydrogens is 584 g/mol. The summed E-state index contributed by atoms with van der Waals surface area (Å²) >= 11 is 0. The fourth-order valence-corrected chi connectivity index (χ4v) is 5.19. The van der Waals surface area contributed by atoms with E-state index in [0.717, 1.165) is 11.1 Å². The van der Waals surface area contributed by atoms with Gasteiger partial charge in [0.2, 0.25) is 23.6 Å². The van der Waals surface area contributed by atoms with E-state index in [0.29, 0.717) is 88.8 Å². The second-order valence-corrected chi connectivity index (χ2v) is 11.1. The molecule has 2 fully saturated rings. The molecule has 0 aliphatic carbocycles. The first kappa shape index (κ1) is 33.2. The number of carbonyl (C=O) groups is 4. The van der Waals surface area contributed by atoms with Crippen LogP contribution < -0.4 is 41.4 Å². The first-order chi connectivity index (χ1) is 21.6. The zero-order valence-electron chi connectivity index (χ0n) is 26.1. The van der Waals surface area contributed by atoms with Gasteiger partial charge in [0.25, 0.3) is 0 Å². The maximum absolute atomic E-state index is 12.8. The van der Waals surface area contributed by atoms with Gasteiger partial charge in [0.15, 0.2) is 0 Å². The Balaban J connectivity index is 1.18. The molecular formula is C29H42N10O6. The average molecular weight is 627 g/mol. The Hall–Kier alpha value is -4.70. The number of methoxy groups -OCH3 is 2. The number of ether oxygens (including phenoxy) is 2. The average Bonchev–Trinajstić information content (AvgIpc) is 2.96. The largest absolute Gasteiger partial charge is 0.481 e. The SMILES string of the molecule is COc1nc(NC(=O)N2CC3(C2)CN(C(=O)Nc2ccc(CNCCNC(C)=O)c(OC)n2)C3)ccc1CNCCNC(C)=O. The summed E-state index contributed by atoms with van der Waals surface area (Å²) in [6, 6.07) is 6.57. The summed E-state index contributed by atoms with van der Waals surface area (Å²) in [7, 11) is 3.04. The minimum Gasteiger partial charge on any atom is -0.481 e. The Kier molecular flexibility index (Phi) is 11.3. The quantitative estimate of drug-likeness (QED) is 0.159. The lowest BCUT2D eigenvalue weighted by Gasteiger charge is -2.59. The predicted molar refractivity (Wildman–Crippen MR) is 166 cm³/mol. The van der Waals surface area contributed by atoms with Gasteiger partial charge in [0.1, 0.15) is 11.6 Å². The smallest absolute Gasteiger partial charge is 0.323 e. The second-order valence-electron chi connectivity index (χ2n) is 11.1. The van der Waals surface area contributed by atoms with Crippen molar-refractivity contribution in [2.24, 2.45) is 5.41 Å². The molecule has 0 radical (unpaired) electrons. The van der Waals surface area contributed by atoms with Crippen LogP contribution in [-0.2, 0) is 22.7 Å². The fraction of sp³-hybridized carbons (Fsp3) is 0.517. The van der Waals surface area contributed by atoms with Crippen LogP contribution in [0.5, 0.6) is 11.8 Å². The summed E-state index contributed by atoms with van der Waals surface area (Å²) in [5.74, 6) is 1.40. The van der Waals surface area contributed by atoms with Crippen molar-refractivity contribution in [3.8, 4) is 11.8 Å². The highest BCUT2D eigenvalue weighted by atomic mass is 16.5. The van der Waals surface area contributed by atoms with Crippen molar-refractivity contribution in [1.82, 2.24) is 41.0 Å². The molecule has 2 aliphatic heterocycles. The standard InChI is InChI=1S/C29H42N10O6/c1-19(40)32-11-9-30-13-21-5-7-23(34-25(21)44-3)36-27(42)38-15-29(16-38)17-39(18-29)28(43)37-24-8-6-22(26(35-24)45-4)14-31-10-12-33-20(2)41/h5-8,30-31H,9-18H2,1-4H3,(H,32,40)(H,33,41)(H,34,36,42)(H,35,37,43). The van der Waals surface area contributed by atoms with E-state index in [9.17, 15) is 19.2 Å². The normalized spacial score (nSPS) is 14.6. The molecule has 244 valence electrons. The molecule has 4 rings (SSSR count). The number of hydrogen-bond donors (Lipinski definition) is 6. The lowest BCUT2D eigenvalue weighted by atomic mass is 9.73. The number of aromatic nitrogens is 2. The van der Waals surface area contributed by atoms with Crippen molar-refractivity contribution < 1.29 is 28.7 Å². The zero-order chi connectivity index (χ0) is 32.4. The van der Waals surface area contributed by atoms with E-state index >= 15 is 0 Å². The topological polar surface area (TPSA) is 191 Å². The summed E-state index contributed by atoms with van der Waals surface area (Å²) in [5.41, 5.74) is 1.53. The molecule has 0 aromatic carbocycles. The van der Waals surface area contributed by atoms with Crippen molar-refractivity contribution in [2.75, 3.05) is 77.2 Å². The number of carbonyl (C=O) groups excluding carboxylic acids is 4. The molecule has 4 heterocycles. The summed E-state index contributed by atoms with van der Waals surface area (Å²) in [6.45, 7) is 8.29. The van der Waals surface area contributed by atoms with Crippen LogP contribution in [0.15, 0.2) is 24.3 Å². The van der Waals surface area contributed by atoms with Gasteiger partial charge in [0, 0.05) is 95.8 Å². The Morgan fingerprint density at radius 2 is 1.09 bits per heavy atom. The van der Waals surface area contributed by atoms with E-state index in [4.69, 9.17) is 9.47 Å². The van der Waals surface area contributed by atoms with Gasteiger partial charge < -0.3 is 40.5 Å². The Morgan fingerprint density at radius 3 is 1.44 bits per heavy atom. The molecule has 1 spiro atoms. The summed E-state index contributed by atoms with van der Waals surface area (Å²) in [6.07, 6.45) is 0. The van der Waals surface area contributed by atoms with E-state index < -0.39 is 0 Å². The lowest BCUT2D eigenvalue weighted by Crippen LogP contribution is -2.74. The van der Waals surface area contributed by atoms with Crippen LogP contribution in [0.4, 0.5) is 21.2 Å². The number of anilines is 2. The number of nitrogens with one attached hydrogen (secondary N) is 6. The van der Waals surface area contributed by atoms with Crippen LogP contribution in [-0.4, -0.2) is 110 Å². The Labute approximate surface area is 262 Å². The third kappa shape index (κ3) is 9.15. The molecule has 0 unspecified atom stereocenters. The molecule has 2 saturated heterocycles. The molecule has 16 nitrogen and oxygen atoms in total. The molecule has 0 bridgehead atoms. The number of rotatable bonds is 14. The Morgan fingerprint density at radius 1 is 0.689 bits per heavy atom. The van der Waals surface area contributed by atoms with E-state index in [2.05, 4.69) is 41.9 Å². The fourth-order valence-electron chi connectivity index (χ4n) is 5.19. The van der Waals surface area contributed by atoms with E-state index in [1.54, 1.807) is 21.9 Å². The van der Waals surface area contributed by atoms with Gasteiger partial charge in [-0.05, 0) is 24.3 Å². The minimum absolute atomic E-state index is 0.0801. The molecule has 0 saturated carbocycles. The van der Waals surface area contributed by atoms with Gasteiger partial charge in [-0.1, -0.05) is 0 Å². The van der Waals surface area contributed by atoms with Gasteiger partial charge >= 0.3 is 12.1 Å². The first-order valence-corrected chi connectivity index (χ1v) is 14.7. The van der Waals surface area contributed by atoms with Gasteiger partial charge in [-0.3, -0.25) is 20.2 Å². The summed E-state index contributed by atoms with van der Waals surface area (Å²) in [5, 5.41) is 17.5. The van der Waals surface area contributed by atoms with Crippen LogP contribution in [0.25, 0.3) is 0 Å².